The van der Waals surface area contributed by atoms with Crippen LogP contribution in [0.5, 0.6) is 23.0 Å². The molecule has 3 heterocycles. The molecule has 3 aromatic rings. The summed E-state index contributed by atoms with van der Waals surface area (Å²) in [5.41, 5.74) is 4.43. The first-order valence-electron chi connectivity index (χ1n) is 12.2. The smallest absolute Gasteiger partial charge is 0.231 e. The van der Waals surface area contributed by atoms with E-state index in [0.29, 0.717) is 23.4 Å². The second kappa shape index (κ2) is 9.33. The second-order valence-electron chi connectivity index (χ2n) is 9.53. The number of phenolic OH excluding ortho intramolecular Hbond substituents is 1. The van der Waals surface area contributed by atoms with Crippen LogP contribution in [0.1, 0.15) is 32.6 Å². The predicted molar refractivity (Wildman–Crippen MR) is 135 cm³/mol. The van der Waals surface area contributed by atoms with Gasteiger partial charge in [0.15, 0.2) is 17.3 Å². The van der Waals surface area contributed by atoms with E-state index < -0.39 is 0 Å². The molecule has 0 atom stereocenters. The summed E-state index contributed by atoms with van der Waals surface area (Å²) in [6, 6.07) is 17.3. The second-order valence-corrected chi connectivity index (χ2v) is 9.53. The molecule has 1 fully saturated rings. The number of fused-ring (bicyclic) bond motifs is 2. The largest absolute Gasteiger partial charge is 0.507 e. The molecule has 0 amide bonds. The number of Topliss-reactive ketones (excluding diaryl/α,β-unsaturated/α-hetero) is 1. The standard InChI is InChI=1S/C29H28N2O5/c1-19-2-4-20(5-3-19)14-27-28(33)22-7-8-24(32)23(29(22)36-27)17-31-12-10-30(11-13-31)16-21-6-9-25-26(15-21)35-18-34-25/h2-9,14-15,32H,10-13,16-18H2,1H3/b27-14-. The number of hydrogen-bond donors (Lipinski definition) is 1. The number of aromatic hydroxyl groups is 1. The first kappa shape index (κ1) is 22.6. The Hall–Kier alpha value is -3.81. The van der Waals surface area contributed by atoms with Crippen LogP contribution >= 0.6 is 0 Å². The highest BCUT2D eigenvalue weighted by molar-refractivity contribution is 6.15. The van der Waals surface area contributed by atoms with Crippen LogP contribution in [0.4, 0.5) is 0 Å². The topological polar surface area (TPSA) is 71.5 Å². The van der Waals surface area contributed by atoms with Crippen molar-refractivity contribution in [1.29, 1.82) is 0 Å². The molecule has 3 aliphatic heterocycles. The molecule has 1 saturated heterocycles. The van der Waals surface area contributed by atoms with E-state index in [4.69, 9.17) is 14.2 Å². The van der Waals surface area contributed by atoms with Crippen molar-refractivity contribution < 1.29 is 24.1 Å². The normalized spacial score (nSPS) is 18.5. The highest BCUT2D eigenvalue weighted by Crippen LogP contribution is 2.40. The first-order chi connectivity index (χ1) is 17.5. The summed E-state index contributed by atoms with van der Waals surface area (Å²) in [6.07, 6.45) is 1.76. The number of hydrogen-bond acceptors (Lipinski definition) is 7. The maximum absolute atomic E-state index is 13.0. The van der Waals surface area contributed by atoms with Crippen molar-refractivity contribution in [2.45, 2.75) is 20.0 Å². The van der Waals surface area contributed by atoms with Crippen LogP contribution in [0, 0.1) is 6.92 Å². The molecule has 7 heteroatoms. The minimum atomic E-state index is -0.152. The van der Waals surface area contributed by atoms with Crippen molar-refractivity contribution >= 4 is 11.9 Å². The third kappa shape index (κ3) is 4.43. The summed E-state index contributed by atoms with van der Waals surface area (Å²) in [6.45, 7) is 7.20. The SMILES string of the molecule is Cc1ccc(/C=C2\Oc3c(ccc(O)c3CN3CCN(Cc4ccc5c(c4)OCO5)CC3)C2=O)cc1. The molecular formula is C29H28N2O5. The van der Waals surface area contributed by atoms with Crippen molar-refractivity contribution in [3.05, 3.63) is 88.2 Å². The van der Waals surface area contributed by atoms with Crippen LogP contribution in [0.2, 0.25) is 0 Å². The van der Waals surface area contributed by atoms with E-state index in [9.17, 15) is 9.90 Å². The molecule has 0 bridgehead atoms. The van der Waals surface area contributed by atoms with E-state index in [-0.39, 0.29) is 24.1 Å². The molecule has 6 rings (SSSR count). The molecule has 0 aromatic heterocycles. The molecule has 3 aromatic carbocycles. The molecular weight excluding hydrogens is 456 g/mol. The molecule has 3 aliphatic rings. The number of ketones is 1. The molecule has 0 spiro atoms. The fourth-order valence-electron chi connectivity index (χ4n) is 4.89. The summed E-state index contributed by atoms with van der Waals surface area (Å²) >= 11 is 0. The third-order valence-electron chi connectivity index (χ3n) is 6.98. The van der Waals surface area contributed by atoms with Crippen molar-refractivity contribution in [2.24, 2.45) is 0 Å². The van der Waals surface area contributed by atoms with Gasteiger partial charge in [-0.1, -0.05) is 35.9 Å². The van der Waals surface area contributed by atoms with Crippen molar-refractivity contribution in [3.63, 3.8) is 0 Å². The van der Waals surface area contributed by atoms with Gasteiger partial charge in [-0.25, -0.2) is 0 Å². The molecule has 7 nitrogen and oxygen atoms in total. The molecule has 184 valence electrons. The van der Waals surface area contributed by atoms with Gasteiger partial charge in [-0.15, -0.1) is 0 Å². The highest BCUT2D eigenvalue weighted by Gasteiger charge is 2.32. The van der Waals surface area contributed by atoms with Gasteiger partial charge in [0.25, 0.3) is 0 Å². The summed E-state index contributed by atoms with van der Waals surface area (Å²) in [4.78, 5) is 17.7. The van der Waals surface area contributed by atoms with Gasteiger partial charge < -0.3 is 19.3 Å². The van der Waals surface area contributed by atoms with E-state index in [0.717, 1.165) is 55.3 Å². The Balaban J connectivity index is 1.12. The number of benzene rings is 3. The van der Waals surface area contributed by atoms with E-state index in [1.54, 1.807) is 18.2 Å². The lowest BCUT2D eigenvalue weighted by Crippen LogP contribution is -2.45. The van der Waals surface area contributed by atoms with Gasteiger partial charge in [0.2, 0.25) is 12.6 Å². The Morgan fingerprint density at radius 2 is 1.61 bits per heavy atom. The summed E-state index contributed by atoms with van der Waals surface area (Å²) in [5, 5.41) is 10.7. The van der Waals surface area contributed by atoms with E-state index in [1.165, 1.54) is 5.56 Å². The average molecular weight is 485 g/mol. The van der Waals surface area contributed by atoms with E-state index >= 15 is 0 Å². The number of nitrogens with zero attached hydrogens (tertiary/aromatic N) is 2. The van der Waals surface area contributed by atoms with Gasteiger partial charge in [-0.3, -0.25) is 14.6 Å². The van der Waals surface area contributed by atoms with Crippen molar-refractivity contribution in [3.8, 4) is 23.0 Å². The van der Waals surface area contributed by atoms with Gasteiger partial charge in [-0.2, -0.15) is 0 Å². The van der Waals surface area contributed by atoms with Crippen LogP contribution in [-0.2, 0) is 13.1 Å². The van der Waals surface area contributed by atoms with Crippen LogP contribution in [0.3, 0.4) is 0 Å². The summed E-state index contributed by atoms with van der Waals surface area (Å²) in [7, 11) is 0. The number of phenols is 1. The van der Waals surface area contributed by atoms with Crippen LogP contribution < -0.4 is 14.2 Å². The van der Waals surface area contributed by atoms with Crippen LogP contribution in [-0.4, -0.2) is 53.7 Å². The lowest BCUT2D eigenvalue weighted by Gasteiger charge is -2.35. The molecule has 0 unspecified atom stereocenters. The number of allylic oxidation sites excluding steroid dienone is 1. The monoisotopic (exact) mass is 484 g/mol. The quantitative estimate of drug-likeness (QED) is 0.540. The molecule has 36 heavy (non-hydrogen) atoms. The average Bonchev–Trinajstić information content (AvgIpc) is 3.47. The number of carbonyl (C=O) groups is 1. The first-order valence-corrected chi connectivity index (χ1v) is 12.2. The van der Waals surface area contributed by atoms with Gasteiger partial charge >= 0.3 is 0 Å². The zero-order valence-corrected chi connectivity index (χ0v) is 20.2. The number of carbonyl (C=O) groups excluding carboxylic acids is 1. The van der Waals surface area contributed by atoms with Crippen molar-refractivity contribution in [2.75, 3.05) is 33.0 Å². The molecule has 0 radical (unpaired) electrons. The fraction of sp³-hybridized carbons (Fsp3) is 0.276. The minimum Gasteiger partial charge on any atom is -0.507 e. The Bertz CT molecular complexity index is 1340. The maximum Gasteiger partial charge on any atom is 0.231 e. The maximum atomic E-state index is 13.0. The van der Waals surface area contributed by atoms with Gasteiger partial charge in [0, 0.05) is 39.3 Å². The number of piperazine rings is 1. The molecule has 1 N–H and O–H groups in total. The fourth-order valence-corrected chi connectivity index (χ4v) is 4.89. The van der Waals surface area contributed by atoms with Crippen LogP contribution in [0.25, 0.3) is 6.08 Å². The van der Waals surface area contributed by atoms with E-state index in [1.807, 2.05) is 37.3 Å². The zero-order chi connectivity index (χ0) is 24.6. The third-order valence-corrected chi connectivity index (χ3v) is 6.98. The highest BCUT2D eigenvalue weighted by atomic mass is 16.7. The van der Waals surface area contributed by atoms with Gasteiger partial charge in [-0.05, 0) is 48.4 Å². The lowest BCUT2D eigenvalue weighted by molar-refractivity contribution is 0.101. The van der Waals surface area contributed by atoms with Gasteiger partial charge in [0.05, 0.1) is 11.1 Å². The Kier molecular flexibility index (Phi) is 5.87. The van der Waals surface area contributed by atoms with Crippen LogP contribution in [0.15, 0.2) is 60.4 Å². The number of ether oxygens (including phenoxy) is 3. The Labute approximate surface area is 210 Å². The minimum absolute atomic E-state index is 0.152. The lowest BCUT2D eigenvalue weighted by atomic mass is 10.0. The zero-order valence-electron chi connectivity index (χ0n) is 20.2. The van der Waals surface area contributed by atoms with Gasteiger partial charge in [0.1, 0.15) is 11.5 Å². The molecule has 0 saturated carbocycles. The summed E-state index contributed by atoms with van der Waals surface area (Å²) < 4.78 is 16.9. The number of rotatable bonds is 5. The number of aryl methyl sites for hydroxylation is 1. The molecule has 0 aliphatic carbocycles. The van der Waals surface area contributed by atoms with E-state index in [2.05, 4.69) is 21.9 Å². The predicted octanol–water partition coefficient (Wildman–Crippen LogP) is 4.36. The summed E-state index contributed by atoms with van der Waals surface area (Å²) in [5.74, 6) is 2.37. The Morgan fingerprint density at radius 3 is 2.39 bits per heavy atom. The Morgan fingerprint density at radius 1 is 0.889 bits per heavy atom. The van der Waals surface area contributed by atoms with Crippen molar-refractivity contribution in [1.82, 2.24) is 9.80 Å².